The van der Waals surface area contributed by atoms with E-state index in [-0.39, 0.29) is 5.91 Å². The van der Waals surface area contributed by atoms with Crippen molar-refractivity contribution in [3.05, 3.63) is 35.9 Å². The molecule has 1 amide bonds. The number of nitrogens with zero attached hydrogens (tertiary/aromatic N) is 1. The lowest BCUT2D eigenvalue weighted by Crippen LogP contribution is -2.59. The van der Waals surface area contributed by atoms with Crippen LogP contribution < -0.4 is 5.32 Å². The third kappa shape index (κ3) is 3.90. The second kappa shape index (κ2) is 7.46. The van der Waals surface area contributed by atoms with Crippen molar-refractivity contribution in [1.29, 1.82) is 0 Å². The maximum atomic E-state index is 13.1. The number of amides is 1. The van der Waals surface area contributed by atoms with Gasteiger partial charge in [0, 0.05) is 19.3 Å². The third-order valence-corrected chi connectivity index (χ3v) is 7.78. The average Bonchev–Trinajstić information content (AvgIpc) is 2.62. The van der Waals surface area contributed by atoms with E-state index in [0.717, 1.165) is 19.3 Å². The Bertz CT molecular complexity index is 689. The molecule has 2 aliphatic rings. The number of likely N-dealkylation sites (tertiary alicyclic amines) is 1. The first kappa shape index (κ1) is 18.4. The van der Waals surface area contributed by atoms with E-state index in [1.54, 1.807) is 4.90 Å². The maximum Gasteiger partial charge on any atom is 0.244 e. The molecule has 2 saturated heterocycles. The number of piperidine rings is 2. The lowest BCUT2D eigenvalue weighted by atomic mass is 9.88. The van der Waals surface area contributed by atoms with E-state index in [1.165, 1.54) is 11.8 Å². The molecule has 0 atom stereocenters. The molecule has 1 aromatic rings. The van der Waals surface area contributed by atoms with Crippen LogP contribution in [-0.4, -0.2) is 56.4 Å². The summed E-state index contributed by atoms with van der Waals surface area (Å²) in [5.74, 6) is 0.392. The Labute approximate surface area is 150 Å². The quantitative estimate of drug-likeness (QED) is 0.882. The predicted molar refractivity (Wildman–Crippen MR) is 99.1 cm³/mol. The van der Waals surface area contributed by atoms with Gasteiger partial charge in [0.25, 0.3) is 0 Å². The smallest absolute Gasteiger partial charge is 0.244 e. The molecule has 2 heterocycles. The summed E-state index contributed by atoms with van der Waals surface area (Å²) in [5, 5.41) is 3.17. The summed E-state index contributed by atoms with van der Waals surface area (Å²) >= 11 is 0. The van der Waals surface area contributed by atoms with Crippen LogP contribution in [0.5, 0.6) is 0 Å². The number of rotatable bonds is 4. The summed E-state index contributed by atoms with van der Waals surface area (Å²) in [6.07, 6.45) is 4.91. The first-order chi connectivity index (χ1) is 11.9. The Morgan fingerprint density at radius 1 is 1.16 bits per heavy atom. The molecule has 0 unspecified atom stereocenters. The second-order valence-corrected chi connectivity index (χ2v) is 9.77. The fourth-order valence-corrected chi connectivity index (χ4v) is 5.54. The van der Waals surface area contributed by atoms with Gasteiger partial charge in [-0.1, -0.05) is 30.3 Å². The first-order valence-corrected chi connectivity index (χ1v) is 11.1. The molecule has 0 spiro atoms. The molecule has 25 heavy (non-hydrogen) atoms. The molecule has 0 radical (unpaired) electrons. The minimum atomic E-state index is -3.43. The van der Waals surface area contributed by atoms with Crippen molar-refractivity contribution in [2.45, 2.75) is 36.9 Å². The highest BCUT2D eigenvalue weighted by Gasteiger charge is 2.50. The number of carbonyl (C=O) groups excluding carboxylic acids is 1. The van der Waals surface area contributed by atoms with Gasteiger partial charge in [0.15, 0.2) is 14.6 Å². The van der Waals surface area contributed by atoms with E-state index in [1.807, 2.05) is 6.07 Å². The summed E-state index contributed by atoms with van der Waals surface area (Å²) < 4.78 is 23.6. The number of hydrogen-bond acceptors (Lipinski definition) is 4. The Morgan fingerprint density at radius 3 is 2.32 bits per heavy atom. The molecule has 2 fully saturated rings. The van der Waals surface area contributed by atoms with Gasteiger partial charge in [-0.25, -0.2) is 8.42 Å². The third-order valence-electron chi connectivity index (χ3n) is 5.78. The van der Waals surface area contributed by atoms with Crippen molar-refractivity contribution in [2.24, 2.45) is 5.92 Å². The van der Waals surface area contributed by atoms with Crippen molar-refractivity contribution >= 4 is 15.7 Å². The average molecular weight is 365 g/mol. The standard InChI is InChI=1S/C19H28N2O3S/c1-25(23,24)19(9-11-20-12-10-19)18(22)21-13-7-17(8-14-21)15-16-5-3-2-4-6-16/h2-6,17,20H,7-15H2,1H3. The second-order valence-electron chi connectivity index (χ2n) is 7.44. The number of carbonyl (C=O) groups is 1. The van der Waals surface area contributed by atoms with Crippen LogP contribution in [-0.2, 0) is 21.1 Å². The predicted octanol–water partition coefficient (Wildman–Crippen LogP) is 1.63. The van der Waals surface area contributed by atoms with Crippen LogP contribution in [0.3, 0.4) is 0 Å². The molecule has 3 rings (SSSR count). The zero-order valence-electron chi connectivity index (χ0n) is 14.9. The SMILES string of the molecule is CS(=O)(=O)C1(C(=O)N2CCC(Cc3ccccc3)CC2)CCNCC1. The molecule has 138 valence electrons. The summed E-state index contributed by atoms with van der Waals surface area (Å²) in [4.78, 5) is 14.9. The van der Waals surface area contributed by atoms with E-state index in [9.17, 15) is 13.2 Å². The van der Waals surface area contributed by atoms with Gasteiger partial charge in [-0.3, -0.25) is 4.79 Å². The number of benzene rings is 1. The number of nitrogens with one attached hydrogen (secondary N) is 1. The van der Waals surface area contributed by atoms with E-state index in [0.29, 0.717) is 44.9 Å². The molecule has 5 nitrogen and oxygen atoms in total. The zero-order valence-corrected chi connectivity index (χ0v) is 15.7. The number of hydrogen-bond donors (Lipinski definition) is 1. The lowest BCUT2D eigenvalue weighted by Gasteiger charge is -2.41. The largest absolute Gasteiger partial charge is 0.341 e. The number of sulfone groups is 1. The van der Waals surface area contributed by atoms with Gasteiger partial charge in [0.2, 0.25) is 5.91 Å². The molecule has 0 bridgehead atoms. The van der Waals surface area contributed by atoms with Crippen LogP contribution in [0.15, 0.2) is 30.3 Å². The molecule has 0 aromatic heterocycles. The Morgan fingerprint density at radius 2 is 1.76 bits per heavy atom. The minimum Gasteiger partial charge on any atom is -0.341 e. The molecule has 0 saturated carbocycles. The van der Waals surface area contributed by atoms with Gasteiger partial charge in [0.1, 0.15) is 0 Å². The topological polar surface area (TPSA) is 66.5 Å². The molecule has 0 aliphatic carbocycles. The molecular formula is C19H28N2O3S. The van der Waals surface area contributed by atoms with Gasteiger partial charge in [-0.15, -0.1) is 0 Å². The monoisotopic (exact) mass is 364 g/mol. The van der Waals surface area contributed by atoms with E-state index in [4.69, 9.17) is 0 Å². The van der Waals surface area contributed by atoms with Crippen molar-refractivity contribution in [3.63, 3.8) is 0 Å². The van der Waals surface area contributed by atoms with E-state index >= 15 is 0 Å². The fraction of sp³-hybridized carbons (Fsp3) is 0.632. The van der Waals surface area contributed by atoms with Crippen molar-refractivity contribution in [2.75, 3.05) is 32.4 Å². The van der Waals surface area contributed by atoms with Gasteiger partial charge in [0.05, 0.1) is 0 Å². The van der Waals surface area contributed by atoms with Crippen LogP contribution in [0.2, 0.25) is 0 Å². The fourth-order valence-electron chi connectivity index (χ4n) is 4.15. The van der Waals surface area contributed by atoms with Gasteiger partial charge < -0.3 is 10.2 Å². The summed E-state index contributed by atoms with van der Waals surface area (Å²) in [6.45, 7) is 2.51. The van der Waals surface area contributed by atoms with E-state index < -0.39 is 14.6 Å². The van der Waals surface area contributed by atoms with Gasteiger partial charge in [-0.05, 0) is 56.7 Å². The Balaban J connectivity index is 1.64. The highest BCUT2D eigenvalue weighted by atomic mass is 32.2. The van der Waals surface area contributed by atoms with Crippen LogP contribution in [0.4, 0.5) is 0 Å². The normalized spacial score (nSPS) is 21.9. The van der Waals surface area contributed by atoms with E-state index in [2.05, 4.69) is 29.6 Å². The molecular weight excluding hydrogens is 336 g/mol. The first-order valence-electron chi connectivity index (χ1n) is 9.16. The van der Waals surface area contributed by atoms with Crippen molar-refractivity contribution in [3.8, 4) is 0 Å². The summed E-state index contributed by atoms with van der Waals surface area (Å²) in [7, 11) is -3.43. The maximum absolute atomic E-state index is 13.1. The summed E-state index contributed by atoms with van der Waals surface area (Å²) in [6, 6.07) is 10.4. The minimum absolute atomic E-state index is 0.172. The summed E-state index contributed by atoms with van der Waals surface area (Å²) in [5.41, 5.74) is 1.33. The zero-order chi connectivity index (χ0) is 17.9. The van der Waals surface area contributed by atoms with Gasteiger partial charge >= 0.3 is 0 Å². The van der Waals surface area contributed by atoms with Gasteiger partial charge in [-0.2, -0.15) is 0 Å². The van der Waals surface area contributed by atoms with Crippen LogP contribution >= 0.6 is 0 Å². The highest BCUT2D eigenvalue weighted by molar-refractivity contribution is 7.92. The van der Waals surface area contributed by atoms with Crippen molar-refractivity contribution in [1.82, 2.24) is 10.2 Å². The van der Waals surface area contributed by atoms with Crippen molar-refractivity contribution < 1.29 is 13.2 Å². The Hall–Kier alpha value is -1.40. The lowest BCUT2D eigenvalue weighted by molar-refractivity contribution is -0.136. The van der Waals surface area contributed by atoms with Crippen LogP contribution in [0.25, 0.3) is 0 Å². The highest BCUT2D eigenvalue weighted by Crippen LogP contribution is 2.32. The molecule has 2 aliphatic heterocycles. The Kier molecular flexibility index (Phi) is 5.49. The molecule has 1 N–H and O–H groups in total. The molecule has 1 aromatic carbocycles. The van der Waals surface area contributed by atoms with Crippen LogP contribution in [0, 0.1) is 5.92 Å². The van der Waals surface area contributed by atoms with Crippen LogP contribution in [0.1, 0.15) is 31.2 Å². The molecule has 6 heteroatoms.